The van der Waals surface area contributed by atoms with Crippen molar-refractivity contribution in [3.8, 4) is 5.75 Å². The van der Waals surface area contributed by atoms with Crippen LogP contribution >= 0.6 is 11.8 Å². The van der Waals surface area contributed by atoms with Crippen molar-refractivity contribution in [3.05, 3.63) is 77.0 Å². The van der Waals surface area contributed by atoms with Crippen molar-refractivity contribution in [2.45, 2.75) is 43.4 Å². The highest BCUT2D eigenvalue weighted by atomic mass is 32.2. The maximum Gasteiger partial charge on any atom is 0.355 e. The van der Waals surface area contributed by atoms with Crippen LogP contribution in [-0.2, 0) is 36.9 Å². The largest absolute Gasteiger partial charge is 0.497 e. The molecular formula is C27H28N2O6S. The molecule has 188 valence electrons. The number of hydrogen-bond donors (Lipinski definition) is 1. The molecule has 0 saturated carbocycles. The summed E-state index contributed by atoms with van der Waals surface area (Å²) in [5.74, 6) is 0.172. The highest BCUT2D eigenvalue weighted by molar-refractivity contribution is 8.00. The Morgan fingerprint density at radius 3 is 2.58 bits per heavy atom. The molecular weight excluding hydrogens is 480 g/mol. The van der Waals surface area contributed by atoms with Gasteiger partial charge in [0.1, 0.15) is 29.5 Å². The van der Waals surface area contributed by atoms with E-state index < -0.39 is 12.0 Å². The van der Waals surface area contributed by atoms with Gasteiger partial charge in [-0.1, -0.05) is 42.5 Å². The second kappa shape index (κ2) is 10.8. The number of ether oxygens (including phenoxy) is 3. The molecule has 2 aromatic carbocycles. The second-order valence-corrected chi connectivity index (χ2v) is 10.0. The zero-order valence-corrected chi connectivity index (χ0v) is 20.8. The summed E-state index contributed by atoms with van der Waals surface area (Å²) in [5, 5.41) is 2.50. The number of methoxy groups -OCH3 is 1. The summed E-state index contributed by atoms with van der Waals surface area (Å²) < 4.78 is 16.7. The van der Waals surface area contributed by atoms with Crippen molar-refractivity contribution in [2.75, 3.05) is 19.5 Å². The van der Waals surface area contributed by atoms with Gasteiger partial charge < -0.3 is 19.5 Å². The first-order valence-corrected chi connectivity index (χ1v) is 13.0. The minimum Gasteiger partial charge on any atom is -0.497 e. The van der Waals surface area contributed by atoms with Crippen molar-refractivity contribution in [3.63, 3.8) is 0 Å². The Morgan fingerprint density at radius 1 is 1.11 bits per heavy atom. The first-order chi connectivity index (χ1) is 17.5. The Bertz CT molecular complexity index is 1160. The Kier molecular flexibility index (Phi) is 7.29. The number of β-lactam (4-membered cyclic amide) rings is 1. The molecule has 1 N–H and O–H groups in total. The highest BCUT2D eigenvalue weighted by Crippen LogP contribution is 2.43. The standard InChI is InChI=1S/C27H28N2O6S/c1-33-19-11-9-18(10-12-19)15-35-27(32)24-20(21-8-5-13-34-21)16-36-26-23(25(31)29(24)26)28-22(30)14-17-6-3-2-4-7-17/h2-4,6-7,9-12,21,23,26H,5,8,13-16H2,1H3,(H,28,30)/t21?,23-,26-/m1/s1. The van der Waals surface area contributed by atoms with Gasteiger partial charge in [0.25, 0.3) is 5.91 Å². The van der Waals surface area contributed by atoms with Crippen LogP contribution in [0.3, 0.4) is 0 Å². The SMILES string of the molecule is COc1ccc(COC(=O)C2=C(C3CCCO3)CS[C@@H]3[C@H](NC(=O)Cc4ccccc4)C(=O)N23)cc1. The molecule has 3 atom stereocenters. The number of carbonyl (C=O) groups excluding carboxylic acids is 3. The van der Waals surface area contributed by atoms with E-state index in [1.807, 2.05) is 42.5 Å². The molecule has 1 unspecified atom stereocenters. The van der Waals surface area contributed by atoms with Crippen molar-refractivity contribution < 1.29 is 28.6 Å². The van der Waals surface area contributed by atoms with Gasteiger partial charge in [-0.15, -0.1) is 11.8 Å². The number of nitrogens with one attached hydrogen (secondary N) is 1. The number of benzene rings is 2. The lowest BCUT2D eigenvalue weighted by molar-refractivity contribution is -0.153. The number of rotatable bonds is 8. The van der Waals surface area contributed by atoms with Crippen LogP contribution in [0.4, 0.5) is 0 Å². The van der Waals surface area contributed by atoms with Crippen molar-refractivity contribution in [1.82, 2.24) is 10.2 Å². The molecule has 36 heavy (non-hydrogen) atoms. The number of carbonyl (C=O) groups is 3. The quantitative estimate of drug-likeness (QED) is 0.433. The summed E-state index contributed by atoms with van der Waals surface area (Å²) in [6, 6.07) is 16.0. The molecule has 3 aliphatic rings. The number of esters is 1. The van der Waals surface area contributed by atoms with Gasteiger partial charge in [-0.3, -0.25) is 14.5 Å². The van der Waals surface area contributed by atoms with E-state index in [1.165, 1.54) is 16.7 Å². The van der Waals surface area contributed by atoms with Crippen LogP contribution in [0.25, 0.3) is 0 Å². The molecule has 8 nitrogen and oxygen atoms in total. The lowest BCUT2D eigenvalue weighted by atomic mass is 9.99. The third-order valence-electron chi connectivity index (χ3n) is 6.56. The number of hydrogen-bond acceptors (Lipinski definition) is 7. The van der Waals surface area contributed by atoms with E-state index >= 15 is 0 Å². The topological polar surface area (TPSA) is 94.2 Å². The second-order valence-electron chi connectivity index (χ2n) is 8.92. The molecule has 5 rings (SSSR count). The third kappa shape index (κ3) is 4.99. The summed E-state index contributed by atoms with van der Waals surface area (Å²) in [4.78, 5) is 40.6. The van der Waals surface area contributed by atoms with Gasteiger partial charge in [-0.25, -0.2) is 4.79 Å². The zero-order chi connectivity index (χ0) is 25.1. The number of thioether (sulfide) groups is 1. The van der Waals surface area contributed by atoms with Crippen molar-refractivity contribution in [2.24, 2.45) is 0 Å². The van der Waals surface area contributed by atoms with Crippen LogP contribution in [0.2, 0.25) is 0 Å². The summed E-state index contributed by atoms with van der Waals surface area (Å²) in [6.45, 7) is 0.699. The normalized spacial score (nSPS) is 23.1. The molecule has 0 bridgehead atoms. The van der Waals surface area contributed by atoms with Crippen LogP contribution in [-0.4, -0.2) is 59.7 Å². The van der Waals surface area contributed by atoms with Crippen LogP contribution in [0.1, 0.15) is 24.0 Å². The highest BCUT2D eigenvalue weighted by Gasteiger charge is 2.55. The molecule has 0 radical (unpaired) electrons. The maximum absolute atomic E-state index is 13.3. The van der Waals surface area contributed by atoms with Crippen LogP contribution in [0.5, 0.6) is 5.75 Å². The van der Waals surface area contributed by atoms with E-state index in [1.54, 1.807) is 19.2 Å². The van der Waals surface area contributed by atoms with Gasteiger partial charge in [-0.2, -0.15) is 0 Å². The smallest absolute Gasteiger partial charge is 0.355 e. The fourth-order valence-electron chi connectivity index (χ4n) is 4.68. The lowest BCUT2D eigenvalue weighted by Gasteiger charge is -2.50. The molecule has 3 aliphatic heterocycles. The minimum atomic E-state index is -0.679. The van der Waals surface area contributed by atoms with E-state index in [9.17, 15) is 14.4 Å². The number of fused-ring (bicyclic) bond motifs is 1. The first kappa shape index (κ1) is 24.4. The Balaban J connectivity index is 1.30. The molecule has 2 aromatic rings. The van der Waals surface area contributed by atoms with Gasteiger partial charge in [0.15, 0.2) is 0 Å². The zero-order valence-electron chi connectivity index (χ0n) is 20.0. The Hall–Kier alpha value is -3.30. The van der Waals surface area contributed by atoms with Crippen molar-refractivity contribution >= 4 is 29.5 Å². The summed E-state index contributed by atoms with van der Waals surface area (Å²) in [6.07, 6.45) is 1.69. The average molecular weight is 509 g/mol. The summed E-state index contributed by atoms with van der Waals surface area (Å²) in [7, 11) is 1.59. The van der Waals surface area contributed by atoms with Crippen LogP contribution < -0.4 is 10.1 Å². The average Bonchev–Trinajstić information content (AvgIpc) is 3.45. The molecule has 3 heterocycles. The van der Waals surface area contributed by atoms with E-state index in [0.29, 0.717) is 18.1 Å². The summed E-state index contributed by atoms with van der Waals surface area (Å²) in [5.41, 5.74) is 2.73. The lowest BCUT2D eigenvalue weighted by Crippen LogP contribution is -2.71. The van der Waals surface area contributed by atoms with Gasteiger partial charge in [0, 0.05) is 12.4 Å². The molecule has 0 aromatic heterocycles. The molecule has 2 fully saturated rings. The van der Waals surface area contributed by atoms with Crippen LogP contribution in [0.15, 0.2) is 65.9 Å². The van der Waals surface area contributed by atoms with Crippen LogP contribution in [0, 0.1) is 0 Å². The van der Waals surface area contributed by atoms with Gasteiger partial charge in [-0.05, 0) is 41.7 Å². The predicted molar refractivity (Wildman–Crippen MR) is 134 cm³/mol. The summed E-state index contributed by atoms with van der Waals surface area (Å²) >= 11 is 1.54. The van der Waals surface area contributed by atoms with Crippen molar-refractivity contribution in [1.29, 1.82) is 0 Å². The molecule has 0 spiro atoms. The fourth-order valence-corrected chi connectivity index (χ4v) is 6.08. The van der Waals surface area contributed by atoms with Gasteiger partial charge >= 0.3 is 5.97 Å². The minimum absolute atomic E-state index is 0.0716. The van der Waals surface area contributed by atoms with E-state index in [0.717, 1.165) is 29.5 Å². The van der Waals surface area contributed by atoms with E-state index in [2.05, 4.69) is 5.32 Å². The van der Waals surface area contributed by atoms with Gasteiger partial charge in [0.05, 0.1) is 19.6 Å². The molecule has 2 amide bonds. The number of nitrogens with zero attached hydrogens (tertiary/aromatic N) is 1. The Morgan fingerprint density at radius 2 is 1.89 bits per heavy atom. The number of amides is 2. The fraction of sp³-hybridized carbons (Fsp3) is 0.370. The Labute approximate surface area is 214 Å². The molecule has 2 saturated heterocycles. The molecule has 0 aliphatic carbocycles. The predicted octanol–water partition coefficient (Wildman–Crippen LogP) is 2.81. The molecule has 9 heteroatoms. The van der Waals surface area contributed by atoms with E-state index in [-0.39, 0.29) is 42.0 Å². The van der Waals surface area contributed by atoms with E-state index in [4.69, 9.17) is 14.2 Å². The third-order valence-corrected chi connectivity index (χ3v) is 7.86. The monoisotopic (exact) mass is 508 g/mol. The van der Waals surface area contributed by atoms with Gasteiger partial charge in [0.2, 0.25) is 5.91 Å². The maximum atomic E-state index is 13.3. The first-order valence-electron chi connectivity index (χ1n) is 12.0.